The Balaban J connectivity index is 2.01. The second-order valence-corrected chi connectivity index (χ2v) is 5.47. The van der Waals surface area contributed by atoms with Crippen LogP contribution in [0.1, 0.15) is 38.7 Å². The molecule has 1 unspecified atom stereocenters. The van der Waals surface area contributed by atoms with Crippen LogP contribution in [0.25, 0.3) is 10.8 Å². The quantitative estimate of drug-likeness (QED) is 0.799. The summed E-state index contributed by atoms with van der Waals surface area (Å²) in [6.45, 7) is 5.44. The first-order valence-electron chi connectivity index (χ1n) is 7.53. The molecule has 1 N–H and O–H groups in total. The fourth-order valence-electron chi connectivity index (χ4n) is 2.41. The maximum absolute atomic E-state index is 5.26. The van der Waals surface area contributed by atoms with E-state index in [1.54, 1.807) is 7.11 Å². The molecule has 0 bridgehead atoms. The zero-order valence-electron chi connectivity index (χ0n) is 12.8. The largest absolute Gasteiger partial charge is 0.497 e. The monoisotopic (exact) mass is 271 g/mol. The molecule has 0 aliphatic carbocycles. The van der Waals surface area contributed by atoms with Gasteiger partial charge in [-0.1, -0.05) is 38.0 Å². The van der Waals surface area contributed by atoms with E-state index in [-0.39, 0.29) is 0 Å². The van der Waals surface area contributed by atoms with Gasteiger partial charge >= 0.3 is 0 Å². The minimum atomic E-state index is 0.585. The van der Waals surface area contributed by atoms with Gasteiger partial charge in [0, 0.05) is 12.6 Å². The Bertz CT molecular complexity index is 550. The maximum Gasteiger partial charge on any atom is 0.119 e. The van der Waals surface area contributed by atoms with Crippen molar-refractivity contribution >= 4 is 10.8 Å². The van der Waals surface area contributed by atoms with E-state index in [0.29, 0.717) is 6.04 Å². The molecule has 0 aliphatic rings. The highest BCUT2D eigenvalue weighted by molar-refractivity contribution is 5.84. The van der Waals surface area contributed by atoms with Crippen LogP contribution in [0.15, 0.2) is 36.4 Å². The summed E-state index contributed by atoms with van der Waals surface area (Å²) in [4.78, 5) is 0. The van der Waals surface area contributed by atoms with Crippen LogP contribution in [-0.2, 0) is 6.54 Å². The molecule has 0 radical (unpaired) electrons. The van der Waals surface area contributed by atoms with Crippen molar-refractivity contribution in [1.82, 2.24) is 5.32 Å². The van der Waals surface area contributed by atoms with Gasteiger partial charge in [0.05, 0.1) is 7.11 Å². The normalized spacial score (nSPS) is 12.6. The van der Waals surface area contributed by atoms with E-state index in [2.05, 4.69) is 49.5 Å². The number of hydrogen-bond acceptors (Lipinski definition) is 2. The molecule has 2 aromatic rings. The number of rotatable bonds is 7. The number of benzene rings is 2. The lowest BCUT2D eigenvalue weighted by Gasteiger charge is -2.13. The fourth-order valence-corrected chi connectivity index (χ4v) is 2.41. The summed E-state index contributed by atoms with van der Waals surface area (Å²) in [7, 11) is 1.71. The number of fused-ring (bicyclic) bond motifs is 1. The summed E-state index contributed by atoms with van der Waals surface area (Å²) < 4.78 is 5.26. The minimum Gasteiger partial charge on any atom is -0.497 e. The molecule has 0 spiro atoms. The average Bonchev–Trinajstić information content (AvgIpc) is 2.50. The molecular weight excluding hydrogens is 246 g/mol. The van der Waals surface area contributed by atoms with Gasteiger partial charge < -0.3 is 10.1 Å². The molecule has 0 saturated carbocycles. The first kappa shape index (κ1) is 14.9. The molecule has 2 heteroatoms. The van der Waals surface area contributed by atoms with Gasteiger partial charge in [-0.15, -0.1) is 0 Å². The Morgan fingerprint density at radius 1 is 1.10 bits per heavy atom. The van der Waals surface area contributed by atoms with Crippen LogP contribution in [0.5, 0.6) is 5.75 Å². The van der Waals surface area contributed by atoms with E-state index in [1.165, 1.54) is 35.6 Å². The lowest BCUT2D eigenvalue weighted by molar-refractivity contribution is 0.415. The van der Waals surface area contributed by atoms with E-state index >= 15 is 0 Å². The second-order valence-electron chi connectivity index (χ2n) is 5.47. The van der Waals surface area contributed by atoms with Crippen molar-refractivity contribution in [1.29, 1.82) is 0 Å². The maximum atomic E-state index is 5.26. The first-order valence-corrected chi connectivity index (χ1v) is 7.53. The number of hydrogen-bond donors (Lipinski definition) is 1. The van der Waals surface area contributed by atoms with Gasteiger partial charge in [0.1, 0.15) is 5.75 Å². The summed E-state index contributed by atoms with van der Waals surface area (Å²) in [6, 6.07) is 13.4. The van der Waals surface area contributed by atoms with Crippen LogP contribution in [0.4, 0.5) is 0 Å². The zero-order valence-corrected chi connectivity index (χ0v) is 12.8. The van der Waals surface area contributed by atoms with Crippen molar-refractivity contribution in [2.24, 2.45) is 0 Å². The molecule has 108 valence electrons. The number of unbranched alkanes of at least 4 members (excludes halogenated alkanes) is 1. The standard InChI is InChI=1S/C18H25NO/c1-4-5-6-14(2)19-13-15-7-8-17-12-18(20-3)10-9-16(17)11-15/h7-12,14,19H,4-6,13H2,1-3H3. The molecule has 1 atom stereocenters. The summed E-state index contributed by atoms with van der Waals surface area (Å²) in [6.07, 6.45) is 3.82. The molecule has 20 heavy (non-hydrogen) atoms. The van der Waals surface area contributed by atoms with Crippen molar-refractivity contribution in [3.05, 3.63) is 42.0 Å². The van der Waals surface area contributed by atoms with Gasteiger partial charge in [-0.3, -0.25) is 0 Å². The predicted octanol–water partition coefficient (Wildman–Crippen LogP) is 4.52. The predicted molar refractivity (Wildman–Crippen MR) is 86.3 cm³/mol. The van der Waals surface area contributed by atoms with Crippen molar-refractivity contribution < 1.29 is 4.74 Å². The molecule has 0 aliphatic heterocycles. The molecular formula is C18H25NO. The van der Waals surface area contributed by atoms with E-state index in [9.17, 15) is 0 Å². The smallest absolute Gasteiger partial charge is 0.119 e. The van der Waals surface area contributed by atoms with Gasteiger partial charge in [-0.2, -0.15) is 0 Å². The molecule has 0 heterocycles. The van der Waals surface area contributed by atoms with Gasteiger partial charge in [0.15, 0.2) is 0 Å². The van der Waals surface area contributed by atoms with Crippen molar-refractivity contribution in [3.8, 4) is 5.75 Å². The molecule has 0 amide bonds. The zero-order chi connectivity index (χ0) is 14.4. The summed E-state index contributed by atoms with van der Waals surface area (Å²) in [5.41, 5.74) is 1.34. The van der Waals surface area contributed by atoms with Gasteiger partial charge in [-0.05, 0) is 47.9 Å². The highest BCUT2D eigenvalue weighted by atomic mass is 16.5. The lowest BCUT2D eigenvalue weighted by atomic mass is 10.1. The SMILES string of the molecule is CCCCC(C)NCc1ccc2cc(OC)ccc2c1. The van der Waals surface area contributed by atoms with Crippen LogP contribution in [-0.4, -0.2) is 13.2 Å². The Morgan fingerprint density at radius 3 is 2.60 bits per heavy atom. The van der Waals surface area contributed by atoms with Crippen LogP contribution in [0, 0.1) is 0 Å². The molecule has 0 fully saturated rings. The topological polar surface area (TPSA) is 21.3 Å². The van der Waals surface area contributed by atoms with Crippen LogP contribution >= 0.6 is 0 Å². The van der Waals surface area contributed by atoms with Crippen LogP contribution in [0.3, 0.4) is 0 Å². The molecule has 0 saturated heterocycles. The summed E-state index contributed by atoms with van der Waals surface area (Å²) >= 11 is 0. The highest BCUT2D eigenvalue weighted by Crippen LogP contribution is 2.21. The van der Waals surface area contributed by atoms with Crippen LogP contribution < -0.4 is 10.1 Å². The average molecular weight is 271 g/mol. The minimum absolute atomic E-state index is 0.585. The fraction of sp³-hybridized carbons (Fsp3) is 0.444. The van der Waals surface area contributed by atoms with Crippen LogP contribution in [0.2, 0.25) is 0 Å². The van der Waals surface area contributed by atoms with E-state index in [4.69, 9.17) is 4.74 Å². The third-order valence-electron chi connectivity index (χ3n) is 3.76. The molecule has 0 aromatic heterocycles. The number of methoxy groups -OCH3 is 1. The number of nitrogens with one attached hydrogen (secondary N) is 1. The molecule has 2 aromatic carbocycles. The lowest BCUT2D eigenvalue weighted by Crippen LogP contribution is -2.25. The van der Waals surface area contributed by atoms with Crippen molar-refractivity contribution in [2.45, 2.75) is 45.7 Å². The van der Waals surface area contributed by atoms with Crippen molar-refractivity contribution in [2.75, 3.05) is 7.11 Å². The van der Waals surface area contributed by atoms with E-state index in [0.717, 1.165) is 12.3 Å². The third-order valence-corrected chi connectivity index (χ3v) is 3.76. The summed E-state index contributed by atoms with van der Waals surface area (Å²) in [5, 5.41) is 6.09. The van der Waals surface area contributed by atoms with Gasteiger partial charge in [0.2, 0.25) is 0 Å². The molecule has 2 rings (SSSR count). The second kappa shape index (κ2) is 7.30. The summed E-state index contributed by atoms with van der Waals surface area (Å²) in [5.74, 6) is 0.913. The Kier molecular flexibility index (Phi) is 5.42. The Hall–Kier alpha value is -1.54. The van der Waals surface area contributed by atoms with E-state index in [1.807, 2.05) is 6.07 Å². The van der Waals surface area contributed by atoms with Gasteiger partial charge in [-0.25, -0.2) is 0 Å². The Labute approximate surface area is 122 Å². The highest BCUT2D eigenvalue weighted by Gasteiger charge is 2.02. The van der Waals surface area contributed by atoms with Crippen molar-refractivity contribution in [3.63, 3.8) is 0 Å². The molecule has 2 nitrogen and oxygen atoms in total. The van der Waals surface area contributed by atoms with E-state index < -0.39 is 0 Å². The Morgan fingerprint density at radius 2 is 1.85 bits per heavy atom. The number of ether oxygens (including phenoxy) is 1. The third kappa shape index (κ3) is 3.97. The van der Waals surface area contributed by atoms with Gasteiger partial charge in [0.25, 0.3) is 0 Å². The first-order chi connectivity index (χ1) is 9.72.